The van der Waals surface area contributed by atoms with Crippen molar-refractivity contribution in [2.45, 2.75) is 39.7 Å². The normalized spacial score (nSPS) is 15.3. The van der Waals surface area contributed by atoms with E-state index in [1.54, 1.807) is 11.8 Å². The van der Waals surface area contributed by atoms with Gasteiger partial charge in [0, 0.05) is 32.5 Å². The Balaban J connectivity index is 1.75. The van der Waals surface area contributed by atoms with Crippen molar-refractivity contribution >= 4 is 11.8 Å². The number of ether oxygens (including phenoxy) is 1. The number of likely N-dealkylation sites (tertiary alicyclic amines) is 1. The molecule has 2 rings (SSSR count). The van der Waals surface area contributed by atoms with Crippen molar-refractivity contribution in [2.75, 3.05) is 19.7 Å². The fraction of sp³-hybridized carbons (Fsp3) is 0.556. The number of rotatable bonds is 6. The van der Waals surface area contributed by atoms with E-state index >= 15 is 0 Å². The Morgan fingerprint density at radius 2 is 1.87 bits per heavy atom. The van der Waals surface area contributed by atoms with Gasteiger partial charge < -0.3 is 15.0 Å². The summed E-state index contributed by atoms with van der Waals surface area (Å²) in [5.41, 5.74) is 1.06. The lowest BCUT2D eigenvalue weighted by molar-refractivity contribution is -0.134. The van der Waals surface area contributed by atoms with Gasteiger partial charge in [-0.05, 0) is 37.0 Å². The second-order valence-corrected chi connectivity index (χ2v) is 5.99. The molecule has 5 nitrogen and oxygen atoms in total. The number of carbonyl (C=O) groups excluding carboxylic acids is 2. The summed E-state index contributed by atoms with van der Waals surface area (Å²) >= 11 is 0. The van der Waals surface area contributed by atoms with Crippen LogP contribution in [0.4, 0.5) is 0 Å². The maximum atomic E-state index is 12.2. The molecule has 0 bridgehead atoms. The molecule has 1 aliphatic rings. The summed E-state index contributed by atoms with van der Waals surface area (Å²) < 4.78 is 5.54. The maximum Gasteiger partial charge on any atom is 0.223 e. The molecule has 0 atom stereocenters. The van der Waals surface area contributed by atoms with Gasteiger partial charge >= 0.3 is 0 Å². The summed E-state index contributed by atoms with van der Waals surface area (Å²) in [6.07, 6.45) is 2.48. The molecule has 1 heterocycles. The van der Waals surface area contributed by atoms with Crippen LogP contribution in [-0.4, -0.2) is 36.4 Å². The number of amides is 2. The van der Waals surface area contributed by atoms with Gasteiger partial charge in [-0.3, -0.25) is 9.59 Å². The Morgan fingerprint density at radius 3 is 2.43 bits per heavy atom. The van der Waals surface area contributed by atoms with Gasteiger partial charge in [0.2, 0.25) is 11.8 Å². The molecule has 0 saturated carbocycles. The van der Waals surface area contributed by atoms with Crippen LogP contribution in [0.25, 0.3) is 0 Å². The molecule has 0 spiro atoms. The molecule has 1 saturated heterocycles. The van der Waals surface area contributed by atoms with Crippen LogP contribution >= 0.6 is 0 Å². The quantitative estimate of drug-likeness (QED) is 0.876. The second-order valence-electron chi connectivity index (χ2n) is 5.99. The SMILES string of the molecule is CCCOc1ccc(CNC(=O)C2CCN(C(C)=O)CC2)cc1. The Hall–Kier alpha value is -2.04. The monoisotopic (exact) mass is 318 g/mol. The summed E-state index contributed by atoms with van der Waals surface area (Å²) in [6.45, 7) is 6.25. The van der Waals surface area contributed by atoms with Crippen LogP contribution in [0.3, 0.4) is 0 Å². The van der Waals surface area contributed by atoms with Crippen LogP contribution in [-0.2, 0) is 16.1 Å². The molecule has 23 heavy (non-hydrogen) atoms. The van der Waals surface area contributed by atoms with Crippen molar-refractivity contribution < 1.29 is 14.3 Å². The van der Waals surface area contributed by atoms with E-state index in [2.05, 4.69) is 12.2 Å². The average Bonchev–Trinajstić information content (AvgIpc) is 2.58. The highest BCUT2D eigenvalue weighted by Gasteiger charge is 2.25. The van der Waals surface area contributed by atoms with Gasteiger partial charge in [-0.1, -0.05) is 19.1 Å². The minimum Gasteiger partial charge on any atom is -0.494 e. The molecule has 1 aromatic carbocycles. The van der Waals surface area contributed by atoms with Crippen molar-refractivity contribution in [3.05, 3.63) is 29.8 Å². The summed E-state index contributed by atoms with van der Waals surface area (Å²) in [7, 11) is 0. The number of hydrogen-bond acceptors (Lipinski definition) is 3. The molecule has 1 fully saturated rings. The highest BCUT2D eigenvalue weighted by atomic mass is 16.5. The van der Waals surface area contributed by atoms with Crippen LogP contribution in [0.5, 0.6) is 5.75 Å². The average molecular weight is 318 g/mol. The lowest BCUT2D eigenvalue weighted by Crippen LogP contribution is -2.42. The van der Waals surface area contributed by atoms with Gasteiger partial charge in [0.05, 0.1) is 6.61 Å². The number of nitrogens with zero attached hydrogens (tertiary/aromatic N) is 1. The van der Waals surface area contributed by atoms with Crippen LogP contribution in [0.15, 0.2) is 24.3 Å². The molecule has 1 N–H and O–H groups in total. The molecule has 1 aromatic rings. The molecular formula is C18H26N2O3. The third-order valence-electron chi connectivity index (χ3n) is 4.17. The molecule has 0 aromatic heterocycles. The van der Waals surface area contributed by atoms with Crippen molar-refractivity contribution in [2.24, 2.45) is 5.92 Å². The van der Waals surface area contributed by atoms with Crippen LogP contribution in [0, 0.1) is 5.92 Å². The number of piperidine rings is 1. The molecule has 0 unspecified atom stereocenters. The van der Waals surface area contributed by atoms with E-state index in [0.717, 1.165) is 37.2 Å². The highest BCUT2D eigenvalue weighted by Crippen LogP contribution is 2.18. The fourth-order valence-electron chi connectivity index (χ4n) is 2.71. The third kappa shape index (κ3) is 5.27. The van der Waals surface area contributed by atoms with E-state index in [1.165, 1.54) is 0 Å². The minimum atomic E-state index is 0.0118. The van der Waals surface area contributed by atoms with E-state index < -0.39 is 0 Å². The minimum absolute atomic E-state index is 0.0118. The Morgan fingerprint density at radius 1 is 1.22 bits per heavy atom. The summed E-state index contributed by atoms with van der Waals surface area (Å²) in [5.74, 6) is 1.05. The molecule has 0 radical (unpaired) electrons. The Kier molecular flexibility index (Phi) is 6.44. The van der Waals surface area contributed by atoms with Gasteiger partial charge in [-0.2, -0.15) is 0 Å². The standard InChI is InChI=1S/C18H26N2O3/c1-3-12-23-17-6-4-15(5-7-17)13-19-18(22)16-8-10-20(11-9-16)14(2)21/h4-7,16H,3,8-13H2,1-2H3,(H,19,22). The smallest absolute Gasteiger partial charge is 0.223 e. The summed E-state index contributed by atoms with van der Waals surface area (Å²) in [5, 5.41) is 2.99. The van der Waals surface area contributed by atoms with Crippen molar-refractivity contribution in [3.63, 3.8) is 0 Å². The molecule has 126 valence electrons. The number of benzene rings is 1. The highest BCUT2D eigenvalue weighted by molar-refractivity contribution is 5.79. The predicted octanol–water partition coefficient (Wildman–Crippen LogP) is 2.35. The van der Waals surface area contributed by atoms with Crippen molar-refractivity contribution in [1.29, 1.82) is 0 Å². The van der Waals surface area contributed by atoms with Crippen LogP contribution in [0.2, 0.25) is 0 Å². The van der Waals surface area contributed by atoms with E-state index in [1.807, 2.05) is 24.3 Å². The first-order chi connectivity index (χ1) is 11.1. The second kappa shape index (κ2) is 8.56. The van der Waals surface area contributed by atoms with Gasteiger partial charge in [-0.25, -0.2) is 0 Å². The third-order valence-corrected chi connectivity index (χ3v) is 4.17. The van der Waals surface area contributed by atoms with Crippen molar-refractivity contribution in [3.8, 4) is 5.75 Å². The molecule has 5 heteroatoms. The van der Waals surface area contributed by atoms with Gasteiger partial charge in [-0.15, -0.1) is 0 Å². The zero-order valence-corrected chi connectivity index (χ0v) is 14.0. The molecule has 1 aliphatic heterocycles. The summed E-state index contributed by atoms with van der Waals surface area (Å²) in [4.78, 5) is 25.3. The van der Waals surface area contributed by atoms with E-state index in [0.29, 0.717) is 19.6 Å². The van der Waals surface area contributed by atoms with E-state index in [4.69, 9.17) is 4.74 Å². The first-order valence-corrected chi connectivity index (χ1v) is 8.35. The van der Waals surface area contributed by atoms with Crippen molar-refractivity contribution in [1.82, 2.24) is 10.2 Å². The van der Waals surface area contributed by atoms with E-state index in [9.17, 15) is 9.59 Å². The Labute approximate surface area is 138 Å². The van der Waals surface area contributed by atoms with Gasteiger partial charge in [0.1, 0.15) is 5.75 Å². The molecule has 0 aliphatic carbocycles. The summed E-state index contributed by atoms with van der Waals surface area (Å²) in [6, 6.07) is 7.82. The molecular weight excluding hydrogens is 292 g/mol. The first-order valence-electron chi connectivity index (χ1n) is 8.35. The first kappa shape index (κ1) is 17.3. The number of nitrogens with one attached hydrogen (secondary N) is 1. The maximum absolute atomic E-state index is 12.2. The lowest BCUT2D eigenvalue weighted by atomic mass is 9.96. The van der Waals surface area contributed by atoms with Gasteiger partial charge in [0.25, 0.3) is 0 Å². The van der Waals surface area contributed by atoms with Crippen LogP contribution in [0.1, 0.15) is 38.7 Å². The zero-order chi connectivity index (χ0) is 16.7. The van der Waals surface area contributed by atoms with E-state index in [-0.39, 0.29) is 17.7 Å². The lowest BCUT2D eigenvalue weighted by Gasteiger charge is -2.30. The van der Waals surface area contributed by atoms with Gasteiger partial charge in [0.15, 0.2) is 0 Å². The predicted molar refractivity (Wildman–Crippen MR) is 89.1 cm³/mol. The zero-order valence-electron chi connectivity index (χ0n) is 14.0. The largest absolute Gasteiger partial charge is 0.494 e. The topological polar surface area (TPSA) is 58.6 Å². The Bertz CT molecular complexity index is 520. The number of hydrogen-bond donors (Lipinski definition) is 1. The molecule has 2 amide bonds. The number of carbonyl (C=O) groups is 2. The van der Waals surface area contributed by atoms with Crippen LogP contribution < -0.4 is 10.1 Å². The fourth-order valence-corrected chi connectivity index (χ4v) is 2.71.